The number of fused-ring (bicyclic) bond motifs is 1. The lowest BCUT2D eigenvalue weighted by atomic mass is 10.0. The lowest BCUT2D eigenvalue weighted by molar-refractivity contribution is -0.142. The van der Waals surface area contributed by atoms with Crippen molar-refractivity contribution in [3.63, 3.8) is 0 Å². The average molecular weight is 611 g/mol. The van der Waals surface area contributed by atoms with E-state index in [1.807, 2.05) is 38.1 Å². The van der Waals surface area contributed by atoms with Crippen molar-refractivity contribution in [3.8, 4) is 0 Å². The number of hydrogen-bond acceptors (Lipinski definition) is 7. The molecule has 15 nitrogen and oxygen atoms in total. The lowest BCUT2D eigenvalue weighted by Crippen LogP contribution is -2.58. The number of carboxylic acid groups (broad SMARTS) is 1. The first-order valence-corrected chi connectivity index (χ1v) is 14.4. The van der Waals surface area contributed by atoms with Crippen LogP contribution in [0.3, 0.4) is 0 Å². The Balaban J connectivity index is 1.73. The first-order valence-electron chi connectivity index (χ1n) is 14.4. The summed E-state index contributed by atoms with van der Waals surface area (Å²) in [5.41, 5.74) is 18.8. The van der Waals surface area contributed by atoms with E-state index in [1.54, 1.807) is 6.20 Å². The quantitative estimate of drug-likeness (QED) is 0.0548. The van der Waals surface area contributed by atoms with E-state index in [-0.39, 0.29) is 37.6 Å². The van der Waals surface area contributed by atoms with E-state index in [2.05, 4.69) is 35.9 Å². The highest BCUT2D eigenvalue weighted by molar-refractivity contribution is 5.94. The Morgan fingerprint density at radius 2 is 1.64 bits per heavy atom. The molecule has 238 valence electrons. The van der Waals surface area contributed by atoms with Crippen LogP contribution in [0.25, 0.3) is 10.9 Å². The van der Waals surface area contributed by atoms with E-state index in [4.69, 9.17) is 17.2 Å². The second-order valence-electron chi connectivity index (χ2n) is 11.1. The average Bonchev–Trinajstić information content (AvgIpc) is 3.63. The number of carbonyl (C=O) groups is 4. The number of aliphatic imine (C=N–C) groups is 1. The fourth-order valence-electron chi connectivity index (χ4n) is 4.72. The van der Waals surface area contributed by atoms with Crippen molar-refractivity contribution in [2.24, 2.45) is 28.1 Å². The van der Waals surface area contributed by atoms with Crippen LogP contribution in [0.5, 0.6) is 0 Å². The van der Waals surface area contributed by atoms with Gasteiger partial charge in [-0.25, -0.2) is 9.78 Å². The molecule has 2 heterocycles. The summed E-state index contributed by atoms with van der Waals surface area (Å²) < 4.78 is 0. The Hall–Kier alpha value is -4.92. The number of guanidine groups is 1. The van der Waals surface area contributed by atoms with E-state index < -0.39 is 47.9 Å². The summed E-state index contributed by atoms with van der Waals surface area (Å²) in [5, 5.41) is 18.8. The van der Waals surface area contributed by atoms with Crippen molar-refractivity contribution < 1.29 is 24.3 Å². The molecule has 1 aromatic carbocycles. The van der Waals surface area contributed by atoms with Gasteiger partial charge in [0.25, 0.3) is 0 Å². The highest BCUT2D eigenvalue weighted by Gasteiger charge is 2.31. The second kappa shape index (κ2) is 16.1. The van der Waals surface area contributed by atoms with E-state index in [1.165, 1.54) is 12.5 Å². The minimum Gasteiger partial charge on any atom is -0.480 e. The molecule has 0 spiro atoms. The van der Waals surface area contributed by atoms with E-state index in [0.717, 1.165) is 16.5 Å². The van der Waals surface area contributed by atoms with Gasteiger partial charge in [0, 0.05) is 48.4 Å². The number of carboxylic acids is 1. The van der Waals surface area contributed by atoms with Crippen LogP contribution in [0.2, 0.25) is 0 Å². The Labute approximate surface area is 254 Å². The van der Waals surface area contributed by atoms with Gasteiger partial charge in [0.2, 0.25) is 17.7 Å². The number of imidazole rings is 1. The van der Waals surface area contributed by atoms with E-state index in [0.29, 0.717) is 18.7 Å². The molecule has 0 radical (unpaired) electrons. The largest absolute Gasteiger partial charge is 0.480 e. The predicted octanol–water partition coefficient (Wildman–Crippen LogP) is -0.358. The van der Waals surface area contributed by atoms with Crippen LogP contribution in [-0.4, -0.2) is 80.4 Å². The molecule has 0 aliphatic rings. The van der Waals surface area contributed by atoms with Crippen molar-refractivity contribution in [1.82, 2.24) is 30.9 Å². The fraction of sp³-hybridized carbons (Fsp3) is 0.448. The van der Waals surface area contributed by atoms with E-state index >= 15 is 0 Å². The molecule has 4 atom stereocenters. The van der Waals surface area contributed by atoms with Crippen LogP contribution in [0, 0.1) is 5.92 Å². The van der Waals surface area contributed by atoms with Crippen LogP contribution >= 0.6 is 0 Å². The molecule has 0 aliphatic heterocycles. The Morgan fingerprint density at radius 1 is 0.955 bits per heavy atom. The SMILES string of the molecule is CC(C)CC(NC(=O)C(N)CCCN=C(N)N)C(=O)NC(Cc1cnc[nH]1)C(=O)NC(Cc1c[nH]c2ccccc12)C(=O)O. The first kappa shape index (κ1) is 33.6. The van der Waals surface area contributed by atoms with Crippen molar-refractivity contribution >= 4 is 40.6 Å². The standard InChI is InChI=1S/C29H42N10O5/c1-16(2)10-22(37-25(40)20(30)7-5-9-34-29(31)32)26(41)38-23(12-18-14-33-15-36-18)27(42)39-24(28(43)44)11-17-13-35-21-8-4-3-6-19(17)21/h3-4,6,8,13-16,20,22-24,35H,5,7,9-12,30H2,1-2H3,(H,33,36)(H,37,40)(H,38,41)(H,39,42)(H,43,44)(H4,31,32,34). The number of aromatic amines is 2. The number of rotatable bonds is 17. The summed E-state index contributed by atoms with van der Waals surface area (Å²) in [6.07, 6.45) is 5.68. The summed E-state index contributed by atoms with van der Waals surface area (Å²) in [4.78, 5) is 65.9. The number of para-hydroxylation sites is 1. The summed E-state index contributed by atoms with van der Waals surface area (Å²) in [6.45, 7) is 4.08. The van der Waals surface area contributed by atoms with Gasteiger partial charge in [-0.3, -0.25) is 19.4 Å². The van der Waals surface area contributed by atoms with Gasteiger partial charge in [0.05, 0.1) is 12.4 Å². The normalized spacial score (nSPS) is 13.9. The number of nitrogens with one attached hydrogen (secondary N) is 5. The minimum absolute atomic E-state index is 0.00362. The Bertz CT molecular complexity index is 1430. The Kier molecular flexibility index (Phi) is 12.3. The van der Waals surface area contributed by atoms with Crippen molar-refractivity contribution in [3.05, 3.63) is 54.2 Å². The zero-order valence-corrected chi connectivity index (χ0v) is 24.9. The third-order valence-corrected chi connectivity index (χ3v) is 6.97. The number of hydrogen-bond donors (Lipinski definition) is 9. The summed E-state index contributed by atoms with van der Waals surface area (Å²) in [6, 6.07) is 3.09. The van der Waals surface area contributed by atoms with Crippen LogP contribution in [-0.2, 0) is 32.0 Å². The molecule has 0 saturated heterocycles. The zero-order chi connectivity index (χ0) is 32.2. The molecule has 0 aliphatic carbocycles. The summed E-state index contributed by atoms with van der Waals surface area (Å²) in [7, 11) is 0. The smallest absolute Gasteiger partial charge is 0.326 e. The molecule has 3 amide bonds. The molecule has 0 fully saturated rings. The number of nitrogens with two attached hydrogens (primary N) is 3. The van der Waals surface area contributed by atoms with Crippen LogP contribution in [0.4, 0.5) is 0 Å². The number of H-pyrrole nitrogens is 2. The fourth-order valence-corrected chi connectivity index (χ4v) is 4.72. The molecule has 15 heteroatoms. The molecule has 3 rings (SSSR count). The van der Waals surface area contributed by atoms with E-state index in [9.17, 15) is 24.3 Å². The molecule has 0 saturated carbocycles. The molecule has 0 bridgehead atoms. The highest BCUT2D eigenvalue weighted by Crippen LogP contribution is 2.19. The van der Waals surface area contributed by atoms with Gasteiger partial charge in [-0.1, -0.05) is 32.0 Å². The molecule has 12 N–H and O–H groups in total. The zero-order valence-electron chi connectivity index (χ0n) is 24.9. The molecule has 44 heavy (non-hydrogen) atoms. The van der Waals surface area contributed by atoms with Crippen LogP contribution in [0.15, 0.2) is 48.0 Å². The van der Waals surface area contributed by atoms with Crippen LogP contribution < -0.4 is 33.2 Å². The van der Waals surface area contributed by atoms with Crippen LogP contribution in [0.1, 0.15) is 44.4 Å². The molecule has 2 aromatic heterocycles. The highest BCUT2D eigenvalue weighted by atomic mass is 16.4. The lowest BCUT2D eigenvalue weighted by Gasteiger charge is -2.26. The number of amides is 3. The summed E-state index contributed by atoms with van der Waals surface area (Å²) >= 11 is 0. The number of aromatic nitrogens is 3. The number of benzene rings is 1. The van der Waals surface area contributed by atoms with Gasteiger partial charge in [-0.05, 0) is 36.8 Å². The third-order valence-electron chi connectivity index (χ3n) is 6.97. The second-order valence-corrected chi connectivity index (χ2v) is 11.1. The number of carbonyl (C=O) groups excluding carboxylic acids is 3. The molecule has 4 unspecified atom stereocenters. The Morgan fingerprint density at radius 3 is 2.30 bits per heavy atom. The summed E-state index contributed by atoms with van der Waals surface area (Å²) in [5.74, 6) is -3.12. The maximum Gasteiger partial charge on any atom is 0.326 e. The van der Waals surface area contributed by atoms with Gasteiger partial charge in [-0.2, -0.15) is 0 Å². The maximum absolute atomic E-state index is 13.5. The predicted molar refractivity (Wildman–Crippen MR) is 165 cm³/mol. The molecule has 3 aromatic rings. The monoisotopic (exact) mass is 610 g/mol. The molecular formula is C29H42N10O5. The van der Waals surface area contributed by atoms with Gasteiger partial charge in [0.15, 0.2) is 5.96 Å². The number of nitrogens with zero attached hydrogens (tertiary/aromatic N) is 2. The van der Waals surface area contributed by atoms with Gasteiger partial charge < -0.3 is 48.2 Å². The minimum atomic E-state index is -1.27. The van der Waals surface area contributed by atoms with Crippen molar-refractivity contribution in [2.75, 3.05) is 6.54 Å². The van der Waals surface area contributed by atoms with Gasteiger partial charge in [0.1, 0.15) is 18.1 Å². The molecular weight excluding hydrogens is 568 g/mol. The first-order chi connectivity index (χ1) is 20.9. The number of aliphatic carboxylic acids is 1. The van der Waals surface area contributed by atoms with Gasteiger partial charge in [-0.15, -0.1) is 0 Å². The topological polar surface area (TPSA) is 259 Å². The maximum atomic E-state index is 13.5. The van der Waals surface area contributed by atoms with Crippen molar-refractivity contribution in [1.29, 1.82) is 0 Å². The van der Waals surface area contributed by atoms with Crippen molar-refractivity contribution in [2.45, 2.75) is 70.1 Å². The third kappa shape index (κ3) is 10.1. The van der Waals surface area contributed by atoms with Gasteiger partial charge >= 0.3 is 5.97 Å².